The number of carbonyl (C=O) groups is 1. The van der Waals surface area contributed by atoms with Crippen molar-refractivity contribution >= 4 is 24.0 Å². The van der Waals surface area contributed by atoms with Crippen LogP contribution < -0.4 is 10.6 Å². The summed E-state index contributed by atoms with van der Waals surface area (Å²) >= 11 is 0. The quantitative estimate of drug-likeness (QED) is 0.886. The van der Waals surface area contributed by atoms with Crippen molar-refractivity contribution in [2.24, 2.45) is 0 Å². The predicted octanol–water partition coefficient (Wildman–Crippen LogP) is 3.50. The number of benzene rings is 2. The lowest BCUT2D eigenvalue weighted by atomic mass is 9.77. The molecule has 2 N–H and O–H groups in total. The van der Waals surface area contributed by atoms with Gasteiger partial charge in [-0.15, -0.1) is 12.4 Å². The molecule has 1 atom stereocenters. The second kappa shape index (κ2) is 7.43. The topological polar surface area (TPSA) is 41.1 Å². The van der Waals surface area contributed by atoms with Gasteiger partial charge in [0.2, 0.25) is 5.91 Å². The van der Waals surface area contributed by atoms with Crippen molar-refractivity contribution in [3.8, 4) is 0 Å². The summed E-state index contributed by atoms with van der Waals surface area (Å²) in [5.41, 5.74) is 4.49. The number of rotatable bonds is 5. The minimum absolute atomic E-state index is 0. The van der Waals surface area contributed by atoms with Gasteiger partial charge in [0, 0.05) is 12.2 Å². The van der Waals surface area contributed by atoms with E-state index in [2.05, 4.69) is 23.6 Å². The number of fused-ring (bicyclic) bond motifs is 1. The van der Waals surface area contributed by atoms with Gasteiger partial charge in [-0.2, -0.15) is 0 Å². The molecule has 0 bridgehead atoms. The average Bonchev–Trinajstić information content (AvgIpc) is 2.47. The highest BCUT2D eigenvalue weighted by molar-refractivity contribution is 5.98. The first-order chi connectivity index (χ1) is 10.3. The largest absolute Gasteiger partial charge is 0.325 e. The third kappa shape index (κ3) is 3.32. The van der Waals surface area contributed by atoms with Crippen LogP contribution in [-0.4, -0.2) is 12.5 Å². The van der Waals surface area contributed by atoms with Gasteiger partial charge >= 0.3 is 0 Å². The summed E-state index contributed by atoms with van der Waals surface area (Å²) in [5, 5.41) is 6.38. The van der Waals surface area contributed by atoms with Gasteiger partial charge in [-0.1, -0.05) is 49.4 Å². The fourth-order valence-corrected chi connectivity index (χ4v) is 2.77. The van der Waals surface area contributed by atoms with Crippen LogP contribution in [0.4, 0.5) is 5.69 Å². The molecule has 0 spiro atoms. The second-order valence-electron chi connectivity index (χ2n) is 5.38. The van der Waals surface area contributed by atoms with Crippen molar-refractivity contribution in [1.82, 2.24) is 5.32 Å². The number of hydrogen-bond donors (Lipinski definition) is 2. The van der Waals surface area contributed by atoms with E-state index in [9.17, 15) is 4.79 Å². The maximum Gasteiger partial charge on any atom is 0.232 e. The predicted molar refractivity (Wildman–Crippen MR) is 92.6 cm³/mol. The second-order valence-corrected chi connectivity index (χ2v) is 5.38. The van der Waals surface area contributed by atoms with E-state index in [1.54, 1.807) is 0 Å². The van der Waals surface area contributed by atoms with Gasteiger partial charge in [0.25, 0.3) is 0 Å². The third-order valence-electron chi connectivity index (χ3n) is 4.01. The van der Waals surface area contributed by atoms with Crippen molar-refractivity contribution in [1.29, 1.82) is 0 Å². The van der Waals surface area contributed by atoms with E-state index in [0.717, 1.165) is 30.8 Å². The molecule has 1 aliphatic carbocycles. The Balaban J connectivity index is 0.00000176. The number of para-hydroxylation sites is 1. The highest BCUT2D eigenvalue weighted by Crippen LogP contribution is 2.35. The lowest BCUT2D eigenvalue weighted by molar-refractivity contribution is -0.118. The van der Waals surface area contributed by atoms with Crippen LogP contribution in [0.5, 0.6) is 0 Å². The summed E-state index contributed by atoms with van der Waals surface area (Å²) in [6.07, 6.45) is 0.845. The highest BCUT2D eigenvalue weighted by atomic mass is 35.5. The van der Waals surface area contributed by atoms with E-state index in [4.69, 9.17) is 0 Å². The number of amides is 1. The normalized spacial score (nSPS) is 15.2. The minimum atomic E-state index is -0.00612. The molecule has 0 aromatic heterocycles. The smallest absolute Gasteiger partial charge is 0.232 e. The zero-order valence-electron chi connectivity index (χ0n) is 12.6. The molecule has 1 amide bonds. The van der Waals surface area contributed by atoms with Crippen LogP contribution in [0.25, 0.3) is 0 Å². The number of halogens is 1. The molecular formula is C18H21ClN2O. The van der Waals surface area contributed by atoms with Gasteiger partial charge in [-0.3, -0.25) is 4.79 Å². The Bertz CT molecular complexity index is 657. The maximum atomic E-state index is 12.5. The molecule has 0 aliphatic heterocycles. The molecular weight excluding hydrogens is 296 g/mol. The molecule has 0 saturated heterocycles. The summed E-state index contributed by atoms with van der Waals surface area (Å²) in [6.45, 7) is 3.76. The van der Waals surface area contributed by atoms with Gasteiger partial charge in [-0.25, -0.2) is 0 Å². The third-order valence-corrected chi connectivity index (χ3v) is 4.01. The van der Waals surface area contributed by atoms with Crippen LogP contribution in [0.2, 0.25) is 0 Å². The molecule has 116 valence electrons. The molecule has 0 saturated carbocycles. The summed E-state index contributed by atoms with van der Waals surface area (Å²) in [7, 11) is 0. The summed E-state index contributed by atoms with van der Waals surface area (Å²) in [6, 6.07) is 16.1. The van der Waals surface area contributed by atoms with Crippen LogP contribution in [0, 0.1) is 0 Å². The van der Waals surface area contributed by atoms with Crippen molar-refractivity contribution < 1.29 is 4.79 Å². The van der Waals surface area contributed by atoms with Crippen LogP contribution in [0.15, 0.2) is 48.5 Å². The number of nitrogens with one attached hydrogen (secondary N) is 2. The van der Waals surface area contributed by atoms with E-state index in [0.29, 0.717) is 0 Å². The van der Waals surface area contributed by atoms with Crippen molar-refractivity contribution in [3.05, 3.63) is 65.2 Å². The molecule has 3 rings (SSSR count). The zero-order valence-corrected chi connectivity index (χ0v) is 13.5. The van der Waals surface area contributed by atoms with Gasteiger partial charge in [0.15, 0.2) is 0 Å². The van der Waals surface area contributed by atoms with E-state index in [-0.39, 0.29) is 24.2 Å². The number of anilines is 1. The molecule has 4 heteroatoms. The molecule has 0 heterocycles. The fraction of sp³-hybridized carbons (Fsp3) is 0.278. The van der Waals surface area contributed by atoms with Gasteiger partial charge < -0.3 is 10.6 Å². The Morgan fingerprint density at radius 3 is 2.64 bits per heavy atom. The monoisotopic (exact) mass is 316 g/mol. The van der Waals surface area contributed by atoms with Crippen LogP contribution in [0.3, 0.4) is 0 Å². The first-order valence-corrected chi connectivity index (χ1v) is 7.47. The Hall–Kier alpha value is -1.84. The molecule has 1 aliphatic rings. The number of hydrogen-bond acceptors (Lipinski definition) is 2. The fourth-order valence-electron chi connectivity index (χ4n) is 2.77. The average molecular weight is 317 g/mol. The SMILES string of the molecule is CCNCc1ccccc1NC(=O)C1Cc2ccccc21.Cl. The summed E-state index contributed by atoms with van der Waals surface area (Å²) in [5.74, 6) is 0.0889. The summed E-state index contributed by atoms with van der Waals surface area (Å²) < 4.78 is 0. The van der Waals surface area contributed by atoms with E-state index in [1.807, 2.05) is 42.5 Å². The Kier molecular flexibility index (Phi) is 5.58. The first kappa shape index (κ1) is 16.5. The van der Waals surface area contributed by atoms with Gasteiger partial charge in [0.1, 0.15) is 0 Å². The van der Waals surface area contributed by atoms with E-state index >= 15 is 0 Å². The van der Waals surface area contributed by atoms with Crippen molar-refractivity contribution in [3.63, 3.8) is 0 Å². The first-order valence-electron chi connectivity index (χ1n) is 7.47. The molecule has 2 aromatic rings. The maximum absolute atomic E-state index is 12.5. The Morgan fingerprint density at radius 1 is 1.14 bits per heavy atom. The molecule has 0 radical (unpaired) electrons. The lowest BCUT2D eigenvalue weighted by Gasteiger charge is -2.29. The summed E-state index contributed by atoms with van der Waals surface area (Å²) in [4.78, 5) is 12.5. The Labute approximate surface area is 137 Å². The standard InChI is InChI=1S/C18H20N2O.ClH/c1-2-19-12-14-8-4-6-10-17(14)20-18(21)16-11-13-7-3-5-9-15(13)16;/h3-10,16,19H,2,11-12H2,1H3,(H,20,21);1H. The molecule has 1 unspecified atom stereocenters. The number of carbonyl (C=O) groups excluding carboxylic acids is 1. The molecule has 2 aromatic carbocycles. The van der Waals surface area contributed by atoms with Gasteiger partial charge in [0.05, 0.1) is 5.92 Å². The van der Waals surface area contributed by atoms with E-state index in [1.165, 1.54) is 11.1 Å². The van der Waals surface area contributed by atoms with E-state index < -0.39 is 0 Å². The Morgan fingerprint density at radius 2 is 1.86 bits per heavy atom. The molecule has 3 nitrogen and oxygen atoms in total. The van der Waals surface area contributed by atoms with Gasteiger partial charge in [-0.05, 0) is 35.7 Å². The van der Waals surface area contributed by atoms with Crippen LogP contribution >= 0.6 is 12.4 Å². The zero-order chi connectivity index (χ0) is 14.7. The molecule has 0 fully saturated rings. The van der Waals surface area contributed by atoms with Crippen LogP contribution in [-0.2, 0) is 17.8 Å². The highest BCUT2D eigenvalue weighted by Gasteiger charge is 2.31. The lowest BCUT2D eigenvalue weighted by Crippen LogP contribution is -2.30. The molecule has 22 heavy (non-hydrogen) atoms. The van der Waals surface area contributed by atoms with Crippen molar-refractivity contribution in [2.75, 3.05) is 11.9 Å². The minimum Gasteiger partial charge on any atom is -0.325 e. The van der Waals surface area contributed by atoms with Crippen LogP contribution in [0.1, 0.15) is 29.5 Å². The van der Waals surface area contributed by atoms with Crippen molar-refractivity contribution in [2.45, 2.75) is 25.8 Å².